The second-order valence-electron chi connectivity index (χ2n) is 5.67. The monoisotopic (exact) mass is 292 g/mol. The lowest BCUT2D eigenvalue weighted by Crippen LogP contribution is -2.28. The van der Waals surface area contributed by atoms with E-state index in [9.17, 15) is 14.0 Å². The third kappa shape index (κ3) is 3.81. The number of fused-ring (bicyclic) bond motifs is 1. The van der Waals surface area contributed by atoms with Crippen LogP contribution in [0.5, 0.6) is 0 Å². The van der Waals surface area contributed by atoms with Crippen molar-refractivity contribution in [2.24, 2.45) is 0 Å². The lowest BCUT2D eigenvalue weighted by atomic mass is 10.1. The number of hydrogen-bond donors (Lipinski definition) is 2. The first kappa shape index (κ1) is 15.0. The summed E-state index contributed by atoms with van der Waals surface area (Å²) in [5.41, 5.74) is -0.794. The van der Waals surface area contributed by atoms with Crippen LogP contribution in [0.15, 0.2) is 29.2 Å². The summed E-state index contributed by atoms with van der Waals surface area (Å²) in [5.74, 6) is -1.07. The number of H-pyrrole nitrogens is 1. The summed E-state index contributed by atoms with van der Waals surface area (Å²) in [7, 11) is 0. The molecule has 2 rings (SSSR count). The van der Waals surface area contributed by atoms with Crippen LogP contribution < -0.4 is 10.9 Å². The van der Waals surface area contributed by atoms with E-state index >= 15 is 0 Å². The zero-order valence-corrected chi connectivity index (χ0v) is 12.1. The number of esters is 1. The first-order valence-electron chi connectivity index (χ1n) is 6.53. The number of rotatable bonds is 3. The Kier molecular flexibility index (Phi) is 3.97. The Hall–Kier alpha value is -2.37. The summed E-state index contributed by atoms with van der Waals surface area (Å²) in [6, 6.07) is 4.30. The molecule has 2 N–H and O–H groups in total. The molecule has 0 aliphatic rings. The zero-order chi connectivity index (χ0) is 15.6. The van der Waals surface area contributed by atoms with Gasteiger partial charge in [-0.2, -0.15) is 0 Å². The van der Waals surface area contributed by atoms with Crippen LogP contribution in [0.25, 0.3) is 10.8 Å². The minimum Gasteiger partial charge on any atom is -0.459 e. The highest BCUT2D eigenvalue weighted by molar-refractivity contribution is 5.86. The van der Waals surface area contributed by atoms with E-state index in [0.29, 0.717) is 5.39 Å². The number of pyridine rings is 1. The van der Waals surface area contributed by atoms with Gasteiger partial charge in [0.15, 0.2) is 0 Å². The van der Waals surface area contributed by atoms with E-state index in [-0.39, 0.29) is 23.2 Å². The highest BCUT2D eigenvalue weighted by Gasteiger charge is 2.16. The summed E-state index contributed by atoms with van der Waals surface area (Å²) in [4.78, 5) is 25.6. The van der Waals surface area contributed by atoms with Gasteiger partial charge in [0.25, 0.3) is 5.56 Å². The lowest BCUT2D eigenvalue weighted by Gasteiger charge is -2.19. The maximum absolute atomic E-state index is 13.9. The molecule has 1 heterocycles. The minimum atomic E-state index is -0.595. The summed E-state index contributed by atoms with van der Waals surface area (Å²) in [5, 5.41) is 3.54. The molecule has 0 amide bonds. The molecule has 0 saturated heterocycles. The summed E-state index contributed by atoms with van der Waals surface area (Å²) < 4.78 is 19.0. The van der Waals surface area contributed by atoms with Crippen LogP contribution in [-0.2, 0) is 9.53 Å². The summed E-state index contributed by atoms with van der Waals surface area (Å²) >= 11 is 0. The summed E-state index contributed by atoms with van der Waals surface area (Å²) in [6.07, 6.45) is 1.49. The minimum absolute atomic E-state index is 0.150. The van der Waals surface area contributed by atoms with Crippen LogP contribution >= 0.6 is 0 Å². The molecule has 0 saturated carbocycles. The van der Waals surface area contributed by atoms with E-state index in [2.05, 4.69) is 10.3 Å². The Bertz CT molecular complexity index is 732. The highest BCUT2D eigenvalue weighted by Crippen LogP contribution is 2.20. The van der Waals surface area contributed by atoms with Crippen molar-refractivity contribution in [3.63, 3.8) is 0 Å². The molecule has 0 aliphatic heterocycles. The number of anilines is 1. The number of nitrogens with one attached hydrogen (secondary N) is 2. The maximum Gasteiger partial charge on any atom is 0.325 e. The van der Waals surface area contributed by atoms with Gasteiger partial charge in [-0.25, -0.2) is 4.39 Å². The van der Waals surface area contributed by atoms with Crippen molar-refractivity contribution in [3.8, 4) is 0 Å². The molecule has 2 aromatic rings. The SMILES string of the molecule is CC(C)(C)OC(=O)CNc1cc2cc[nH]c(=O)c2cc1F. The van der Waals surface area contributed by atoms with Gasteiger partial charge >= 0.3 is 5.97 Å². The molecule has 0 radical (unpaired) electrons. The van der Waals surface area contributed by atoms with Crippen LogP contribution in [0.4, 0.5) is 10.1 Å². The Morgan fingerprint density at radius 3 is 2.76 bits per heavy atom. The molecular weight excluding hydrogens is 275 g/mol. The molecule has 6 heteroatoms. The van der Waals surface area contributed by atoms with Gasteiger partial charge in [0.2, 0.25) is 0 Å². The molecule has 1 aromatic heterocycles. The molecule has 5 nitrogen and oxygen atoms in total. The average Bonchev–Trinajstić information content (AvgIpc) is 2.35. The fourth-order valence-corrected chi connectivity index (χ4v) is 1.89. The molecule has 21 heavy (non-hydrogen) atoms. The van der Waals surface area contributed by atoms with E-state index in [4.69, 9.17) is 4.74 Å². The standard InChI is InChI=1S/C15H17FN2O3/c1-15(2,3)21-13(19)8-18-12-6-9-4-5-17-14(20)10(9)7-11(12)16/h4-7,18H,8H2,1-3H3,(H,17,20). The van der Waals surface area contributed by atoms with Gasteiger partial charge in [0.1, 0.15) is 18.0 Å². The van der Waals surface area contributed by atoms with Crippen molar-refractivity contribution < 1.29 is 13.9 Å². The molecule has 0 unspecified atom stereocenters. The molecule has 0 aliphatic carbocycles. The Balaban J connectivity index is 2.18. The van der Waals surface area contributed by atoms with E-state index in [1.807, 2.05) is 0 Å². The predicted molar refractivity (Wildman–Crippen MR) is 78.9 cm³/mol. The molecule has 0 bridgehead atoms. The maximum atomic E-state index is 13.9. The number of carbonyl (C=O) groups is 1. The van der Waals surface area contributed by atoms with Gasteiger partial charge < -0.3 is 15.0 Å². The normalized spacial score (nSPS) is 11.4. The fourth-order valence-electron chi connectivity index (χ4n) is 1.89. The van der Waals surface area contributed by atoms with E-state index in [1.165, 1.54) is 12.3 Å². The van der Waals surface area contributed by atoms with Gasteiger partial charge in [-0.05, 0) is 44.4 Å². The van der Waals surface area contributed by atoms with Gasteiger partial charge in [0, 0.05) is 6.20 Å². The van der Waals surface area contributed by atoms with Gasteiger partial charge in [-0.3, -0.25) is 9.59 Å². The van der Waals surface area contributed by atoms with Crippen molar-refractivity contribution in [1.82, 2.24) is 4.98 Å². The van der Waals surface area contributed by atoms with Gasteiger partial charge in [0.05, 0.1) is 11.1 Å². The summed E-state index contributed by atoms with van der Waals surface area (Å²) in [6.45, 7) is 5.12. The molecule has 0 spiro atoms. The first-order valence-corrected chi connectivity index (χ1v) is 6.53. The second kappa shape index (κ2) is 5.55. The Labute approximate surface area is 121 Å². The first-order chi connectivity index (χ1) is 9.76. The largest absolute Gasteiger partial charge is 0.459 e. The molecule has 1 aromatic carbocycles. The number of halogens is 1. The van der Waals surface area contributed by atoms with Crippen molar-refractivity contribution in [1.29, 1.82) is 0 Å². The third-order valence-corrected chi connectivity index (χ3v) is 2.70. The van der Waals surface area contributed by atoms with Crippen molar-refractivity contribution in [2.45, 2.75) is 26.4 Å². The average molecular weight is 292 g/mol. The van der Waals surface area contributed by atoms with Crippen LogP contribution in [0.2, 0.25) is 0 Å². The fraction of sp³-hybridized carbons (Fsp3) is 0.333. The molecule has 0 fully saturated rings. The van der Waals surface area contributed by atoms with E-state index in [0.717, 1.165) is 6.07 Å². The smallest absolute Gasteiger partial charge is 0.325 e. The number of aromatic nitrogens is 1. The van der Waals surface area contributed by atoms with Crippen molar-refractivity contribution >= 4 is 22.4 Å². The number of carbonyl (C=O) groups excluding carboxylic acids is 1. The number of ether oxygens (including phenoxy) is 1. The topological polar surface area (TPSA) is 71.2 Å². The number of benzene rings is 1. The van der Waals surface area contributed by atoms with Crippen molar-refractivity contribution in [3.05, 3.63) is 40.6 Å². The van der Waals surface area contributed by atoms with Crippen LogP contribution in [-0.4, -0.2) is 23.1 Å². The van der Waals surface area contributed by atoms with Gasteiger partial charge in [-0.15, -0.1) is 0 Å². The zero-order valence-electron chi connectivity index (χ0n) is 12.1. The Morgan fingerprint density at radius 1 is 1.38 bits per heavy atom. The highest BCUT2D eigenvalue weighted by atomic mass is 19.1. The van der Waals surface area contributed by atoms with E-state index in [1.54, 1.807) is 26.8 Å². The Morgan fingerprint density at radius 2 is 2.10 bits per heavy atom. The van der Waals surface area contributed by atoms with Crippen molar-refractivity contribution in [2.75, 3.05) is 11.9 Å². The van der Waals surface area contributed by atoms with Crippen LogP contribution in [0.3, 0.4) is 0 Å². The molecular formula is C15H17FN2O3. The van der Waals surface area contributed by atoms with Gasteiger partial charge in [-0.1, -0.05) is 0 Å². The predicted octanol–water partition coefficient (Wildman–Crippen LogP) is 2.42. The quantitative estimate of drug-likeness (QED) is 0.852. The number of aromatic amines is 1. The molecule has 0 atom stereocenters. The molecule has 112 valence electrons. The van der Waals surface area contributed by atoms with E-state index < -0.39 is 17.4 Å². The number of hydrogen-bond acceptors (Lipinski definition) is 4. The van der Waals surface area contributed by atoms with Crippen LogP contribution in [0, 0.1) is 5.82 Å². The lowest BCUT2D eigenvalue weighted by molar-refractivity contribution is -0.152. The second-order valence-corrected chi connectivity index (χ2v) is 5.67. The van der Waals surface area contributed by atoms with Crippen LogP contribution in [0.1, 0.15) is 20.8 Å². The third-order valence-electron chi connectivity index (χ3n) is 2.70.